The second kappa shape index (κ2) is 8.05. The first kappa shape index (κ1) is 18.1. The third-order valence-corrected chi connectivity index (χ3v) is 4.91. The van der Waals surface area contributed by atoms with E-state index in [1.807, 2.05) is 37.3 Å². The molecule has 2 rings (SSSR count). The fraction of sp³-hybridized carbons (Fsp3) is 0.235. The van der Waals surface area contributed by atoms with Gasteiger partial charge in [-0.2, -0.15) is 4.72 Å². The van der Waals surface area contributed by atoms with Gasteiger partial charge in [0.15, 0.2) is 6.04 Å². The Bertz CT molecular complexity index is 774. The van der Waals surface area contributed by atoms with Gasteiger partial charge in [-0.3, -0.25) is 4.79 Å². The van der Waals surface area contributed by atoms with E-state index in [9.17, 15) is 13.2 Å². The van der Waals surface area contributed by atoms with Crippen LogP contribution in [0.3, 0.4) is 0 Å². The molecule has 0 saturated carbocycles. The Labute approximate surface area is 141 Å². The Balaban J connectivity index is 2.02. The minimum absolute atomic E-state index is 0.0543. The van der Waals surface area contributed by atoms with Crippen LogP contribution in [0.25, 0.3) is 0 Å². The van der Waals surface area contributed by atoms with Crippen molar-refractivity contribution in [2.75, 3.05) is 6.54 Å². The van der Waals surface area contributed by atoms with Crippen molar-refractivity contribution in [3.8, 4) is 0 Å². The number of esters is 1. The third-order valence-electron chi connectivity index (χ3n) is 3.43. The van der Waals surface area contributed by atoms with Crippen molar-refractivity contribution >= 4 is 16.0 Å². The zero-order valence-electron chi connectivity index (χ0n) is 13.4. The highest BCUT2D eigenvalue weighted by Gasteiger charge is 2.27. The molecule has 0 unspecified atom stereocenters. The van der Waals surface area contributed by atoms with Crippen molar-refractivity contribution in [3.05, 3.63) is 65.7 Å². The number of aryl methyl sites for hydroxylation is 1. The number of quaternary nitrogens is 1. The number of benzene rings is 2. The monoisotopic (exact) mass is 349 g/mol. The van der Waals surface area contributed by atoms with Crippen LogP contribution in [0.4, 0.5) is 0 Å². The molecule has 0 heterocycles. The summed E-state index contributed by atoms with van der Waals surface area (Å²) in [5.41, 5.74) is 5.40. The molecule has 2 aromatic rings. The van der Waals surface area contributed by atoms with Gasteiger partial charge in [-0.25, -0.2) is 8.42 Å². The maximum Gasteiger partial charge on any atom is 0.330 e. The van der Waals surface area contributed by atoms with Crippen LogP contribution >= 0.6 is 0 Å². The van der Waals surface area contributed by atoms with Crippen molar-refractivity contribution in [2.24, 2.45) is 0 Å². The second-order valence-electron chi connectivity index (χ2n) is 5.37. The van der Waals surface area contributed by atoms with Crippen LogP contribution in [0, 0.1) is 6.92 Å². The lowest BCUT2D eigenvalue weighted by Gasteiger charge is -2.15. The molecule has 0 aliphatic heterocycles. The fourth-order valence-electron chi connectivity index (χ4n) is 2.03. The lowest BCUT2D eigenvalue weighted by atomic mass is 10.2. The maximum absolute atomic E-state index is 12.3. The van der Waals surface area contributed by atoms with Gasteiger partial charge >= 0.3 is 5.97 Å². The molecule has 1 atom stereocenters. The smallest absolute Gasteiger partial charge is 0.330 e. The molecule has 2 aromatic carbocycles. The second-order valence-corrected chi connectivity index (χ2v) is 7.08. The molecule has 0 aromatic heterocycles. The minimum Gasteiger partial charge on any atom is -0.459 e. The van der Waals surface area contributed by atoms with E-state index in [-0.39, 0.29) is 18.0 Å². The van der Waals surface area contributed by atoms with Gasteiger partial charge in [0.05, 0.1) is 4.90 Å². The zero-order valence-corrected chi connectivity index (χ0v) is 14.3. The largest absolute Gasteiger partial charge is 0.459 e. The van der Waals surface area contributed by atoms with Crippen LogP contribution in [0.5, 0.6) is 0 Å². The molecule has 4 N–H and O–H groups in total. The number of rotatable bonds is 7. The molecule has 0 bridgehead atoms. The molecule has 0 fully saturated rings. The van der Waals surface area contributed by atoms with Crippen molar-refractivity contribution in [1.82, 2.24) is 4.72 Å². The molecule has 0 spiro atoms. The maximum atomic E-state index is 12.3. The molecule has 0 radical (unpaired) electrons. The summed E-state index contributed by atoms with van der Waals surface area (Å²) in [5, 5.41) is 0. The van der Waals surface area contributed by atoms with Crippen LogP contribution < -0.4 is 10.5 Å². The number of ether oxygens (including phenoxy) is 1. The van der Waals surface area contributed by atoms with Gasteiger partial charge in [-0.15, -0.1) is 0 Å². The summed E-state index contributed by atoms with van der Waals surface area (Å²) in [7, 11) is -3.81. The van der Waals surface area contributed by atoms with Crippen molar-refractivity contribution in [1.29, 1.82) is 0 Å². The molecule has 7 heteroatoms. The fourth-order valence-corrected chi connectivity index (χ4v) is 3.25. The quantitative estimate of drug-likeness (QED) is 0.716. The van der Waals surface area contributed by atoms with Gasteiger partial charge in [0, 0.05) is 0 Å². The molecule has 0 amide bonds. The van der Waals surface area contributed by atoms with Crippen LogP contribution in [-0.4, -0.2) is 27.0 Å². The first-order chi connectivity index (χ1) is 11.4. The molecular formula is C17H21N2O4S+. The van der Waals surface area contributed by atoms with E-state index < -0.39 is 22.0 Å². The van der Waals surface area contributed by atoms with Crippen molar-refractivity contribution in [3.63, 3.8) is 0 Å². The number of carbonyl (C=O) groups excluding carboxylic acids is 1. The average molecular weight is 349 g/mol. The first-order valence-corrected chi connectivity index (χ1v) is 8.99. The molecule has 24 heavy (non-hydrogen) atoms. The van der Waals surface area contributed by atoms with Crippen LogP contribution in [-0.2, 0) is 26.2 Å². The Kier molecular flexibility index (Phi) is 6.08. The molecule has 6 nitrogen and oxygen atoms in total. The Morgan fingerprint density at radius 3 is 2.33 bits per heavy atom. The van der Waals surface area contributed by atoms with E-state index in [2.05, 4.69) is 10.5 Å². The average Bonchev–Trinajstić information content (AvgIpc) is 2.59. The minimum atomic E-state index is -3.81. The van der Waals surface area contributed by atoms with Crippen molar-refractivity contribution in [2.45, 2.75) is 24.5 Å². The third kappa shape index (κ3) is 4.89. The van der Waals surface area contributed by atoms with Crippen LogP contribution in [0.15, 0.2) is 59.5 Å². The lowest BCUT2D eigenvalue weighted by molar-refractivity contribution is -0.370. The van der Waals surface area contributed by atoms with E-state index in [1.54, 1.807) is 12.1 Å². The van der Waals surface area contributed by atoms with Gasteiger partial charge in [0.1, 0.15) is 13.2 Å². The molecular weight excluding hydrogens is 328 g/mol. The van der Waals surface area contributed by atoms with Gasteiger partial charge in [0.2, 0.25) is 10.0 Å². The van der Waals surface area contributed by atoms with Gasteiger partial charge in [0.25, 0.3) is 0 Å². The predicted octanol–water partition coefficient (Wildman–Crippen LogP) is 0.627. The number of hydrogen-bond donors (Lipinski definition) is 2. The number of hydrogen-bond acceptors (Lipinski definition) is 4. The number of carbonyl (C=O) groups is 1. The Hall–Kier alpha value is -2.22. The number of nitrogens with one attached hydrogen (secondary N) is 1. The molecule has 0 saturated heterocycles. The summed E-state index contributed by atoms with van der Waals surface area (Å²) in [6, 6.07) is 14.5. The Morgan fingerprint density at radius 1 is 1.12 bits per heavy atom. The summed E-state index contributed by atoms with van der Waals surface area (Å²) >= 11 is 0. The van der Waals surface area contributed by atoms with Crippen LogP contribution in [0.2, 0.25) is 0 Å². The van der Waals surface area contributed by atoms with E-state index in [4.69, 9.17) is 4.74 Å². The Morgan fingerprint density at radius 2 is 1.75 bits per heavy atom. The van der Waals surface area contributed by atoms with Crippen LogP contribution in [0.1, 0.15) is 11.1 Å². The summed E-state index contributed by atoms with van der Waals surface area (Å²) in [6.45, 7) is 2.00. The van der Waals surface area contributed by atoms with Crippen molar-refractivity contribution < 1.29 is 23.7 Å². The summed E-state index contributed by atoms with van der Waals surface area (Å²) in [5.74, 6) is -0.649. The van der Waals surface area contributed by atoms with E-state index in [0.29, 0.717) is 0 Å². The zero-order chi connectivity index (χ0) is 17.6. The number of sulfonamides is 1. The highest BCUT2D eigenvalue weighted by molar-refractivity contribution is 7.89. The van der Waals surface area contributed by atoms with Gasteiger partial charge in [-0.05, 0) is 24.6 Å². The topological polar surface area (TPSA) is 100 Å². The highest BCUT2D eigenvalue weighted by Crippen LogP contribution is 2.11. The summed E-state index contributed by atoms with van der Waals surface area (Å²) in [4.78, 5) is 12.2. The normalized spacial score (nSPS) is 12.6. The van der Waals surface area contributed by atoms with Gasteiger partial charge in [-0.1, -0.05) is 48.0 Å². The summed E-state index contributed by atoms with van der Waals surface area (Å²) < 4.78 is 32.2. The molecule has 128 valence electrons. The van der Waals surface area contributed by atoms with E-state index >= 15 is 0 Å². The van der Waals surface area contributed by atoms with E-state index in [0.717, 1.165) is 11.1 Å². The lowest BCUT2D eigenvalue weighted by Crippen LogP contribution is -2.62. The molecule has 0 aliphatic rings. The SMILES string of the molecule is Cc1ccc(S(=O)(=O)N[C@@H](C[NH3+])C(=O)OCc2ccccc2)cc1. The van der Waals surface area contributed by atoms with E-state index in [1.165, 1.54) is 12.1 Å². The predicted molar refractivity (Wildman–Crippen MR) is 89.3 cm³/mol. The summed E-state index contributed by atoms with van der Waals surface area (Å²) in [6.07, 6.45) is 0. The first-order valence-electron chi connectivity index (χ1n) is 7.51. The standard InChI is InChI=1S/C17H20N2O4S/c1-13-7-9-15(10-8-13)24(21,22)19-16(11-18)17(20)23-12-14-5-3-2-4-6-14/h2-10,16,19H,11-12,18H2,1H3/p+1/t16-/m0/s1. The van der Waals surface area contributed by atoms with Gasteiger partial charge < -0.3 is 10.5 Å². The molecule has 0 aliphatic carbocycles. The highest BCUT2D eigenvalue weighted by atomic mass is 32.2.